The number of alkyl halides is 3. The fourth-order valence-electron chi connectivity index (χ4n) is 0.319. The highest BCUT2D eigenvalue weighted by Gasteiger charge is 2.34. The molecular formula is C5H5Cl3O2. The van der Waals surface area contributed by atoms with Crippen LogP contribution in [0.5, 0.6) is 0 Å². The Labute approximate surface area is 73.4 Å². The predicted octanol–water partition coefficient (Wildman–Crippen LogP) is 1.90. The summed E-state index contributed by atoms with van der Waals surface area (Å²) >= 11 is 15.4. The highest BCUT2D eigenvalue weighted by molar-refractivity contribution is 6.81. The van der Waals surface area contributed by atoms with Gasteiger partial charge in [0.25, 0.3) is 3.79 Å². The van der Waals surface area contributed by atoms with E-state index in [1.165, 1.54) is 6.92 Å². The average Bonchev–Trinajstić information content (AvgIpc) is 1.83. The van der Waals surface area contributed by atoms with Crippen LogP contribution in [-0.4, -0.2) is 15.4 Å². The lowest BCUT2D eigenvalue weighted by Gasteiger charge is -2.05. The third-order valence-corrected chi connectivity index (χ3v) is 1.35. The summed E-state index contributed by atoms with van der Waals surface area (Å²) in [5.74, 6) is -1.64. The molecule has 58 valence electrons. The second-order valence-corrected chi connectivity index (χ2v) is 3.88. The summed E-state index contributed by atoms with van der Waals surface area (Å²) in [6, 6.07) is 0. The van der Waals surface area contributed by atoms with Crippen LogP contribution in [-0.2, 0) is 9.59 Å². The first-order chi connectivity index (χ1) is 4.39. The van der Waals surface area contributed by atoms with Crippen LogP contribution < -0.4 is 0 Å². The van der Waals surface area contributed by atoms with Gasteiger partial charge >= 0.3 is 0 Å². The monoisotopic (exact) mass is 202 g/mol. The molecule has 0 radical (unpaired) electrons. The van der Waals surface area contributed by atoms with Crippen LogP contribution in [0.3, 0.4) is 0 Å². The molecule has 0 aliphatic heterocycles. The van der Waals surface area contributed by atoms with Crippen molar-refractivity contribution in [3.05, 3.63) is 0 Å². The smallest absolute Gasteiger partial charge is 0.256 e. The van der Waals surface area contributed by atoms with Crippen molar-refractivity contribution < 1.29 is 9.59 Å². The van der Waals surface area contributed by atoms with Crippen LogP contribution >= 0.6 is 34.8 Å². The van der Waals surface area contributed by atoms with Crippen LogP contribution in [0.15, 0.2) is 0 Å². The summed E-state index contributed by atoms with van der Waals surface area (Å²) in [5.41, 5.74) is 0. The maximum Gasteiger partial charge on any atom is 0.256 e. The number of carbonyl (C=O) groups excluding carboxylic acids is 2. The third kappa shape index (κ3) is 2.86. The van der Waals surface area contributed by atoms with Crippen LogP contribution in [0, 0.1) is 0 Å². The molecule has 0 aromatic rings. The van der Waals surface area contributed by atoms with E-state index in [9.17, 15) is 9.59 Å². The van der Waals surface area contributed by atoms with E-state index in [-0.39, 0.29) is 6.42 Å². The third-order valence-electron chi connectivity index (χ3n) is 0.832. The number of rotatable bonds is 2. The zero-order valence-corrected chi connectivity index (χ0v) is 7.43. The summed E-state index contributed by atoms with van der Waals surface area (Å²) in [4.78, 5) is 21.2. The number of hydrogen-bond acceptors (Lipinski definition) is 2. The highest BCUT2D eigenvalue weighted by atomic mass is 35.6. The largest absolute Gasteiger partial charge is 0.291 e. The SMILES string of the molecule is CCC(=O)C(=O)C(Cl)(Cl)Cl. The van der Waals surface area contributed by atoms with Gasteiger partial charge in [-0.05, 0) is 0 Å². The van der Waals surface area contributed by atoms with Crippen molar-refractivity contribution in [1.82, 2.24) is 0 Å². The van der Waals surface area contributed by atoms with E-state index < -0.39 is 15.4 Å². The first-order valence-electron chi connectivity index (χ1n) is 2.54. The van der Waals surface area contributed by atoms with Gasteiger partial charge in [0.1, 0.15) is 0 Å². The lowest BCUT2D eigenvalue weighted by atomic mass is 10.2. The van der Waals surface area contributed by atoms with Gasteiger partial charge in [-0.15, -0.1) is 0 Å². The van der Waals surface area contributed by atoms with Crippen molar-refractivity contribution in [1.29, 1.82) is 0 Å². The number of Topliss-reactive ketones (excluding diaryl/α,β-unsaturated/α-hetero) is 2. The first kappa shape index (κ1) is 10.2. The lowest BCUT2D eigenvalue weighted by Crippen LogP contribution is -2.27. The topological polar surface area (TPSA) is 34.1 Å². The molecule has 0 heterocycles. The fraction of sp³-hybridized carbons (Fsp3) is 0.600. The van der Waals surface area contributed by atoms with Gasteiger partial charge in [0, 0.05) is 6.42 Å². The van der Waals surface area contributed by atoms with E-state index in [0.717, 1.165) is 0 Å². The zero-order valence-electron chi connectivity index (χ0n) is 5.16. The predicted molar refractivity (Wildman–Crippen MR) is 40.6 cm³/mol. The Bertz CT molecular complexity index is 159. The minimum atomic E-state index is -2.09. The summed E-state index contributed by atoms with van der Waals surface area (Å²) in [6.45, 7) is 1.52. The van der Waals surface area contributed by atoms with E-state index in [1.54, 1.807) is 0 Å². The second-order valence-electron chi connectivity index (χ2n) is 1.60. The molecular weight excluding hydrogens is 198 g/mol. The molecule has 5 heteroatoms. The quantitative estimate of drug-likeness (QED) is 0.507. The molecule has 0 bridgehead atoms. The summed E-state index contributed by atoms with van der Waals surface area (Å²) in [6.07, 6.45) is 0.0622. The molecule has 2 nitrogen and oxygen atoms in total. The molecule has 0 aliphatic rings. The normalized spacial score (nSPS) is 11.2. The molecule has 10 heavy (non-hydrogen) atoms. The standard InChI is InChI=1S/C5H5Cl3O2/c1-2-3(9)4(10)5(6,7)8/h2H2,1H3. The Morgan fingerprint density at radius 2 is 1.70 bits per heavy atom. The molecule has 0 fully saturated rings. The fourth-order valence-corrected chi connectivity index (χ4v) is 0.635. The Morgan fingerprint density at radius 3 is 1.80 bits per heavy atom. The van der Waals surface area contributed by atoms with Gasteiger partial charge in [-0.3, -0.25) is 9.59 Å². The van der Waals surface area contributed by atoms with E-state index in [0.29, 0.717) is 0 Å². The first-order valence-corrected chi connectivity index (χ1v) is 3.67. The molecule has 0 aromatic carbocycles. The molecule has 0 saturated heterocycles. The molecule has 0 aromatic heterocycles. The minimum absolute atomic E-state index is 0.0622. The molecule has 0 atom stereocenters. The Balaban J connectivity index is 4.24. The van der Waals surface area contributed by atoms with Crippen LogP contribution in [0.2, 0.25) is 0 Å². The van der Waals surface area contributed by atoms with E-state index in [4.69, 9.17) is 34.8 Å². The van der Waals surface area contributed by atoms with E-state index >= 15 is 0 Å². The molecule has 0 amide bonds. The van der Waals surface area contributed by atoms with Gasteiger partial charge < -0.3 is 0 Å². The molecule has 0 unspecified atom stereocenters. The summed E-state index contributed by atoms with van der Waals surface area (Å²) in [5, 5.41) is 0. The van der Waals surface area contributed by atoms with Gasteiger partial charge in [0.05, 0.1) is 0 Å². The van der Waals surface area contributed by atoms with Gasteiger partial charge in [-0.1, -0.05) is 41.7 Å². The van der Waals surface area contributed by atoms with Crippen molar-refractivity contribution in [3.63, 3.8) is 0 Å². The van der Waals surface area contributed by atoms with Crippen LogP contribution in [0.4, 0.5) is 0 Å². The Morgan fingerprint density at radius 1 is 1.30 bits per heavy atom. The number of halogens is 3. The molecule has 0 spiro atoms. The molecule has 0 N–H and O–H groups in total. The van der Waals surface area contributed by atoms with Crippen molar-refractivity contribution in [2.24, 2.45) is 0 Å². The molecule has 0 aliphatic carbocycles. The van der Waals surface area contributed by atoms with Crippen molar-refractivity contribution in [3.8, 4) is 0 Å². The lowest BCUT2D eigenvalue weighted by molar-refractivity contribution is -0.135. The van der Waals surface area contributed by atoms with Crippen LogP contribution in [0.25, 0.3) is 0 Å². The summed E-state index contributed by atoms with van der Waals surface area (Å²) in [7, 11) is 0. The van der Waals surface area contributed by atoms with Crippen LogP contribution in [0.1, 0.15) is 13.3 Å². The minimum Gasteiger partial charge on any atom is -0.291 e. The van der Waals surface area contributed by atoms with Gasteiger partial charge in [-0.25, -0.2) is 0 Å². The van der Waals surface area contributed by atoms with Gasteiger partial charge in [0.2, 0.25) is 11.6 Å². The maximum absolute atomic E-state index is 10.7. The van der Waals surface area contributed by atoms with Gasteiger partial charge in [-0.2, -0.15) is 0 Å². The Hall–Kier alpha value is 0.210. The Kier molecular flexibility index (Phi) is 3.63. The van der Waals surface area contributed by atoms with Crippen molar-refractivity contribution in [2.75, 3.05) is 0 Å². The maximum atomic E-state index is 10.7. The number of hydrogen-bond donors (Lipinski definition) is 0. The summed E-state index contributed by atoms with van der Waals surface area (Å²) < 4.78 is -2.09. The number of carbonyl (C=O) groups is 2. The zero-order chi connectivity index (χ0) is 8.36. The number of ketones is 2. The molecule has 0 saturated carbocycles. The van der Waals surface area contributed by atoms with Gasteiger partial charge in [0.15, 0.2) is 0 Å². The van der Waals surface area contributed by atoms with E-state index in [2.05, 4.69) is 0 Å². The highest BCUT2D eigenvalue weighted by Crippen LogP contribution is 2.27. The average molecular weight is 203 g/mol. The second kappa shape index (κ2) is 3.56. The molecule has 0 rings (SSSR count). The van der Waals surface area contributed by atoms with Crippen molar-refractivity contribution in [2.45, 2.75) is 17.1 Å². The van der Waals surface area contributed by atoms with Crippen molar-refractivity contribution >= 4 is 46.4 Å². The van der Waals surface area contributed by atoms with E-state index in [1.807, 2.05) is 0 Å².